The van der Waals surface area contributed by atoms with Crippen LogP contribution in [0.15, 0.2) is 24.3 Å². The summed E-state index contributed by atoms with van der Waals surface area (Å²) in [6.07, 6.45) is 0.0965. The van der Waals surface area contributed by atoms with E-state index in [4.69, 9.17) is 9.47 Å². The smallest absolute Gasteiger partial charge is 0.307 e. The number of carbonyl (C=O) groups is 2. The quantitative estimate of drug-likeness (QED) is 0.757. The van der Waals surface area contributed by atoms with Crippen molar-refractivity contribution in [3.8, 4) is 5.75 Å². The lowest BCUT2D eigenvalue weighted by Gasteiger charge is -2.07. The van der Waals surface area contributed by atoms with Gasteiger partial charge < -0.3 is 14.8 Å². The maximum Gasteiger partial charge on any atom is 0.307 e. The van der Waals surface area contributed by atoms with Crippen molar-refractivity contribution in [3.05, 3.63) is 30.1 Å². The zero-order chi connectivity index (χ0) is 14.1. The van der Waals surface area contributed by atoms with E-state index in [9.17, 15) is 14.0 Å². The van der Waals surface area contributed by atoms with Gasteiger partial charge in [-0.3, -0.25) is 9.59 Å². The Morgan fingerprint density at radius 2 is 2.05 bits per heavy atom. The summed E-state index contributed by atoms with van der Waals surface area (Å²) in [5, 5.41) is 2.47. The van der Waals surface area contributed by atoms with Crippen molar-refractivity contribution in [1.82, 2.24) is 5.32 Å². The highest BCUT2D eigenvalue weighted by Crippen LogP contribution is 2.14. The molecule has 0 bridgehead atoms. The van der Waals surface area contributed by atoms with Crippen LogP contribution in [0.25, 0.3) is 0 Å². The lowest BCUT2D eigenvalue weighted by molar-refractivity contribution is -0.143. The molecule has 1 N–H and O–H groups in total. The maximum atomic E-state index is 13.2. The molecule has 104 valence electrons. The first kappa shape index (κ1) is 14.9. The summed E-state index contributed by atoms with van der Waals surface area (Å²) in [5.41, 5.74) is 0. The Hall–Kier alpha value is -2.11. The molecular formula is C13H16FNO4. The molecule has 0 saturated carbocycles. The van der Waals surface area contributed by atoms with Crippen LogP contribution in [-0.2, 0) is 14.3 Å². The van der Waals surface area contributed by atoms with Crippen LogP contribution in [0.2, 0.25) is 0 Å². The third-order valence-corrected chi connectivity index (χ3v) is 2.15. The number of ether oxygens (including phenoxy) is 2. The lowest BCUT2D eigenvalue weighted by atomic mass is 10.3. The maximum absolute atomic E-state index is 13.2. The standard InChI is InChI=1S/C13H16FNO4/c1-2-18-13(17)7-8-15-12(16)9-19-11-6-4-3-5-10(11)14/h3-6H,2,7-9H2,1H3,(H,15,16). The van der Waals surface area contributed by atoms with Gasteiger partial charge in [-0.2, -0.15) is 0 Å². The van der Waals surface area contributed by atoms with Gasteiger partial charge in [-0.25, -0.2) is 4.39 Å². The van der Waals surface area contributed by atoms with Gasteiger partial charge in [0.15, 0.2) is 18.2 Å². The second kappa shape index (κ2) is 8.07. The predicted molar refractivity (Wildman–Crippen MR) is 66.2 cm³/mol. The third kappa shape index (κ3) is 5.85. The zero-order valence-corrected chi connectivity index (χ0v) is 10.6. The summed E-state index contributed by atoms with van der Waals surface area (Å²) in [6.45, 7) is 1.88. The van der Waals surface area contributed by atoms with Crippen molar-refractivity contribution in [2.45, 2.75) is 13.3 Å². The molecule has 0 saturated heterocycles. The van der Waals surface area contributed by atoms with Crippen molar-refractivity contribution in [3.63, 3.8) is 0 Å². The molecule has 0 aromatic heterocycles. The van der Waals surface area contributed by atoms with E-state index in [1.54, 1.807) is 13.0 Å². The van der Waals surface area contributed by atoms with Gasteiger partial charge in [0.25, 0.3) is 5.91 Å². The number of nitrogens with one attached hydrogen (secondary N) is 1. The monoisotopic (exact) mass is 269 g/mol. The molecule has 0 aliphatic carbocycles. The SMILES string of the molecule is CCOC(=O)CCNC(=O)COc1ccccc1F. The normalized spacial score (nSPS) is 9.79. The highest BCUT2D eigenvalue weighted by molar-refractivity contribution is 5.78. The number of hydrogen-bond acceptors (Lipinski definition) is 4. The van der Waals surface area contributed by atoms with Crippen LogP contribution >= 0.6 is 0 Å². The molecule has 0 heterocycles. The largest absolute Gasteiger partial charge is 0.481 e. The molecule has 1 rings (SSSR count). The number of amides is 1. The minimum Gasteiger partial charge on any atom is -0.481 e. The summed E-state index contributed by atoms with van der Waals surface area (Å²) in [7, 11) is 0. The van der Waals surface area contributed by atoms with Crippen LogP contribution in [0.4, 0.5) is 4.39 Å². The summed E-state index contributed by atoms with van der Waals surface area (Å²) in [6, 6.07) is 5.81. The molecule has 0 aliphatic rings. The highest BCUT2D eigenvalue weighted by atomic mass is 19.1. The molecule has 0 atom stereocenters. The van der Waals surface area contributed by atoms with E-state index >= 15 is 0 Å². The molecule has 19 heavy (non-hydrogen) atoms. The molecule has 0 unspecified atom stereocenters. The molecule has 0 aliphatic heterocycles. The first-order valence-electron chi connectivity index (χ1n) is 5.93. The summed E-state index contributed by atoms with van der Waals surface area (Å²) < 4.78 is 22.9. The van der Waals surface area contributed by atoms with Crippen LogP contribution in [-0.4, -0.2) is 31.6 Å². The molecule has 6 heteroatoms. The Morgan fingerprint density at radius 3 is 2.74 bits per heavy atom. The van der Waals surface area contributed by atoms with Gasteiger partial charge in [-0.15, -0.1) is 0 Å². The van der Waals surface area contributed by atoms with E-state index in [2.05, 4.69) is 5.32 Å². The molecule has 1 amide bonds. The van der Waals surface area contributed by atoms with E-state index in [-0.39, 0.29) is 31.3 Å². The molecule has 0 fully saturated rings. The Labute approximate surface area is 110 Å². The Morgan fingerprint density at radius 1 is 1.32 bits per heavy atom. The van der Waals surface area contributed by atoms with E-state index in [1.807, 2.05) is 0 Å². The molecule has 5 nitrogen and oxygen atoms in total. The number of benzene rings is 1. The van der Waals surface area contributed by atoms with Crippen molar-refractivity contribution in [1.29, 1.82) is 0 Å². The Kier molecular flexibility index (Phi) is 6.35. The highest BCUT2D eigenvalue weighted by Gasteiger charge is 2.07. The van der Waals surface area contributed by atoms with Gasteiger partial charge in [0.05, 0.1) is 13.0 Å². The number of hydrogen-bond donors (Lipinski definition) is 1. The van der Waals surface area contributed by atoms with Gasteiger partial charge >= 0.3 is 5.97 Å². The topological polar surface area (TPSA) is 64.6 Å². The molecular weight excluding hydrogens is 253 g/mol. The van der Waals surface area contributed by atoms with Crippen molar-refractivity contribution < 1.29 is 23.5 Å². The zero-order valence-electron chi connectivity index (χ0n) is 10.6. The van der Waals surface area contributed by atoms with Gasteiger partial charge in [-0.1, -0.05) is 12.1 Å². The number of esters is 1. The fourth-order valence-corrected chi connectivity index (χ4v) is 1.29. The summed E-state index contributed by atoms with van der Waals surface area (Å²) in [4.78, 5) is 22.4. The molecule has 0 radical (unpaired) electrons. The first-order valence-corrected chi connectivity index (χ1v) is 5.93. The van der Waals surface area contributed by atoms with Gasteiger partial charge in [0.2, 0.25) is 0 Å². The first-order chi connectivity index (χ1) is 9.13. The number of halogens is 1. The van der Waals surface area contributed by atoms with Crippen LogP contribution < -0.4 is 10.1 Å². The van der Waals surface area contributed by atoms with Crippen molar-refractivity contribution in [2.75, 3.05) is 19.8 Å². The van der Waals surface area contributed by atoms with Gasteiger partial charge in [-0.05, 0) is 19.1 Å². The minimum atomic E-state index is -0.526. The number of carbonyl (C=O) groups excluding carboxylic acids is 2. The number of para-hydroxylation sites is 1. The Bertz CT molecular complexity index is 436. The van der Waals surface area contributed by atoms with Crippen LogP contribution in [0.1, 0.15) is 13.3 Å². The van der Waals surface area contributed by atoms with Crippen LogP contribution in [0.3, 0.4) is 0 Å². The Balaban J connectivity index is 2.22. The van der Waals surface area contributed by atoms with E-state index in [0.717, 1.165) is 0 Å². The average Bonchev–Trinajstić information content (AvgIpc) is 2.38. The van der Waals surface area contributed by atoms with Crippen LogP contribution in [0, 0.1) is 5.82 Å². The van der Waals surface area contributed by atoms with E-state index < -0.39 is 11.7 Å². The second-order valence-electron chi connectivity index (χ2n) is 3.62. The molecule has 1 aromatic rings. The van der Waals surface area contributed by atoms with E-state index in [1.165, 1.54) is 18.2 Å². The average molecular weight is 269 g/mol. The summed E-state index contributed by atoms with van der Waals surface area (Å²) >= 11 is 0. The number of rotatable bonds is 7. The predicted octanol–water partition coefficient (Wildman–Crippen LogP) is 1.27. The van der Waals surface area contributed by atoms with Crippen molar-refractivity contribution >= 4 is 11.9 Å². The third-order valence-electron chi connectivity index (χ3n) is 2.15. The lowest BCUT2D eigenvalue weighted by Crippen LogP contribution is -2.31. The molecule has 0 spiro atoms. The minimum absolute atomic E-state index is 0.0167. The van der Waals surface area contributed by atoms with E-state index in [0.29, 0.717) is 6.61 Å². The van der Waals surface area contributed by atoms with Crippen molar-refractivity contribution in [2.24, 2.45) is 0 Å². The van der Waals surface area contributed by atoms with Gasteiger partial charge in [0, 0.05) is 6.54 Å². The summed E-state index contributed by atoms with van der Waals surface area (Å²) in [5.74, 6) is -1.31. The second-order valence-corrected chi connectivity index (χ2v) is 3.62. The fourth-order valence-electron chi connectivity index (χ4n) is 1.29. The molecule has 1 aromatic carbocycles. The van der Waals surface area contributed by atoms with Gasteiger partial charge in [0.1, 0.15) is 0 Å². The fraction of sp³-hybridized carbons (Fsp3) is 0.385. The van der Waals surface area contributed by atoms with Crippen LogP contribution in [0.5, 0.6) is 5.75 Å².